The van der Waals surface area contributed by atoms with Crippen LogP contribution in [0.15, 0.2) is 48.7 Å². The van der Waals surface area contributed by atoms with Gasteiger partial charge in [0.15, 0.2) is 17.4 Å². The van der Waals surface area contributed by atoms with Gasteiger partial charge in [-0.1, -0.05) is 0 Å². The molecule has 0 amide bonds. The number of aromatic nitrogens is 4. The van der Waals surface area contributed by atoms with Gasteiger partial charge in [-0.2, -0.15) is 4.98 Å². The zero-order chi connectivity index (χ0) is 30.8. The van der Waals surface area contributed by atoms with Crippen molar-refractivity contribution in [2.24, 2.45) is 0 Å². The molecule has 1 saturated heterocycles. The molecule has 2 fully saturated rings. The van der Waals surface area contributed by atoms with Crippen molar-refractivity contribution in [2.75, 3.05) is 13.7 Å². The van der Waals surface area contributed by atoms with E-state index in [1.54, 1.807) is 37.6 Å². The average molecular weight is 608 g/mol. The molecule has 1 saturated carbocycles. The number of fused-ring (bicyclic) bond motifs is 1. The summed E-state index contributed by atoms with van der Waals surface area (Å²) in [5.74, 6) is -0.902. The largest absolute Gasteiger partial charge is 0.483 e. The first-order valence-corrected chi connectivity index (χ1v) is 14.8. The molecule has 2 aromatic heterocycles. The molecule has 0 bridgehead atoms. The second-order valence-electron chi connectivity index (χ2n) is 11.6. The predicted octanol–water partition coefficient (Wildman–Crippen LogP) is 5.38. The zero-order valence-electron chi connectivity index (χ0n) is 24.7. The maximum atomic E-state index is 13.9. The molecule has 1 aliphatic carbocycles. The summed E-state index contributed by atoms with van der Waals surface area (Å²) in [6.07, 6.45) is 6.06. The highest BCUT2D eigenvalue weighted by Crippen LogP contribution is 2.38. The topological polar surface area (TPSA) is 112 Å². The molecule has 0 spiro atoms. The van der Waals surface area contributed by atoms with Crippen molar-refractivity contribution in [3.8, 4) is 11.6 Å². The van der Waals surface area contributed by atoms with Crippen molar-refractivity contribution in [1.82, 2.24) is 24.4 Å². The molecule has 2 aromatic carbocycles. The van der Waals surface area contributed by atoms with E-state index in [1.807, 2.05) is 0 Å². The molecule has 3 heterocycles. The second kappa shape index (κ2) is 12.4. The van der Waals surface area contributed by atoms with Crippen molar-refractivity contribution >= 4 is 17.0 Å². The number of likely N-dealkylation sites (tertiary alicyclic amines) is 1. The highest BCUT2D eigenvalue weighted by molar-refractivity contribution is 5.92. The third-order valence-electron chi connectivity index (χ3n) is 8.75. The summed E-state index contributed by atoms with van der Waals surface area (Å²) in [5, 5.41) is 9.60. The molecule has 2 aliphatic rings. The summed E-state index contributed by atoms with van der Waals surface area (Å²) in [4.78, 5) is 27.6. The van der Waals surface area contributed by atoms with Gasteiger partial charge in [0, 0.05) is 38.0 Å². The Morgan fingerprint density at radius 1 is 1.14 bits per heavy atom. The third kappa shape index (κ3) is 6.36. The zero-order valence-corrected chi connectivity index (χ0v) is 24.7. The van der Waals surface area contributed by atoms with Gasteiger partial charge in [0.1, 0.15) is 24.4 Å². The molecule has 1 aliphatic heterocycles. The number of carbonyl (C=O) groups is 1. The number of carboxylic acid groups (broad SMARTS) is 1. The molecule has 0 unspecified atom stereocenters. The Kier molecular flexibility index (Phi) is 8.46. The summed E-state index contributed by atoms with van der Waals surface area (Å²) in [6, 6.07) is 10.1. The minimum Gasteiger partial charge on any atom is -0.483 e. The molecule has 1 N–H and O–H groups in total. The Hall–Kier alpha value is -4.16. The number of halogens is 2. The molecule has 4 aromatic rings. The van der Waals surface area contributed by atoms with Crippen LogP contribution in [-0.4, -0.2) is 66.9 Å². The van der Waals surface area contributed by atoms with Gasteiger partial charge in [-0.15, -0.1) is 0 Å². The van der Waals surface area contributed by atoms with E-state index >= 15 is 0 Å². The van der Waals surface area contributed by atoms with E-state index in [2.05, 4.69) is 26.4 Å². The lowest BCUT2D eigenvalue weighted by Gasteiger charge is -2.41. The lowest BCUT2D eigenvalue weighted by Crippen LogP contribution is -2.45. The smallest absolute Gasteiger partial charge is 0.335 e. The Bertz CT molecular complexity index is 1650. The first-order valence-electron chi connectivity index (χ1n) is 14.8. The van der Waals surface area contributed by atoms with E-state index in [9.17, 15) is 18.7 Å². The fourth-order valence-corrected chi connectivity index (χ4v) is 6.01. The standard InChI is InChI=1S/C32H35F2N5O5/c1-20-14-23(44-30-8-12-35-28(37-30)18-43-27-7-5-22(33)16-24(27)34)9-13-38(20)17-29-36-25-6-4-21(31(40)41)15-26(25)39(29)19-32(42-2)10-3-11-32/h4-8,12,15-16,20,23H,3,9-11,13-14,17-19H2,1-2H3,(H,40,41)/t20-,23-/m0/s1. The maximum absolute atomic E-state index is 13.9. The normalized spacial score (nSPS) is 19.9. The molecule has 0 radical (unpaired) electrons. The highest BCUT2D eigenvalue weighted by Gasteiger charge is 2.39. The Morgan fingerprint density at radius 3 is 2.68 bits per heavy atom. The fourth-order valence-electron chi connectivity index (χ4n) is 6.01. The summed E-state index contributed by atoms with van der Waals surface area (Å²) in [7, 11) is 1.74. The van der Waals surface area contributed by atoms with Crippen LogP contribution in [0.4, 0.5) is 8.78 Å². The Morgan fingerprint density at radius 2 is 1.98 bits per heavy atom. The highest BCUT2D eigenvalue weighted by atomic mass is 19.1. The lowest BCUT2D eigenvalue weighted by molar-refractivity contribution is -0.0835. The van der Waals surface area contributed by atoms with E-state index in [0.717, 1.165) is 67.6 Å². The molecule has 44 heavy (non-hydrogen) atoms. The molecule has 6 rings (SSSR count). The van der Waals surface area contributed by atoms with Crippen LogP contribution >= 0.6 is 0 Å². The number of aromatic carboxylic acids is 1. The number of methoxy groups -OCH3 is 1. The first kappa shape index (κ1) is 29.9. The van der Waals surface area contributed by atoms with Crippen LogP contribution in [0.5, 0.6) is 11.6 Å². The van der Waals surface area contributed by atoms with Gasteiger partial charge in [0.2, 0.25) is 5.88 Å². The minimum absolute atomic E-state index is 0.0665. The van der Waals surface area contributed by atoms with Crippen molar-refractivity contribution in [1.29, 1.82) is 0 Å². The fraction of sp³-hybridized carbons (Fsp3) is 0.438. The number of imidazole rings is 1. The van der Waals surface area contributed by atoms with Crippen LogP contribution in [-0.2, 0) is 24.4 Å². The van der Waals surface area contributed by atoms with Crippen molar-refractivity contribution in [3.63, 3.8) is 0 Å². The molecule has 12 heteroatoms. The van der Waals surface area contributed by atoms with Gasteiger partial charge in [0.25, 0.3) is 0 Å². The van der Waals surface area contributed by atoms with Crippen molar-refractivity contribution < 1.29 is 32.9 Å². The number of piperidine rings is 1. The van der Waals surface area contributed by atoms with Crippen LogP contribution in [0.25, 0.3) is 11.0 Å². The van der Waals surface area contributed by atoms with Crippen LogP contribution in [0.1, 0.15) is 61.0 Å². The summed E-state index contributed by atoms with van der Waals surface area (Å²) >= 11 is 0. The average Bonchev–Trinajstić information content (AvgIpc) is 3.31. The van der Waals surface area contributed by atoms with Crippen LogP contribution < -0.4 is 9.47 Å². The van der Waals surface area contributed by atoms with Crippen molar-refractivity contribution in [2.45, 2.75) is 76.5 Å². The van der Waals surface area contributed by atoms with Gasteiger partial charge in [-0.05, 0) is 69.4 Å². The Labute approximate surface area is 253 Å². The van der Waals surface area contributed by atoms with Crippen LogP contribution in [0.3, 0.4) is 0 Å². The lowest BCUT2D eigenvalue weighted by atomic mass is 9.80. The van der Waals surface area contributed by atoms with E-state index in [0.29, 0.717) is 24.8 Å². The summed E-state index contributed by atoms with van der Waals surface area (Å²) < 4.78 is 46.8. The number of nitrogens with zero attached hydrogens (tertiary/aromatic N) is 5. The molecule has 10 nitrogen and oxygen atoms in total. The number of hydrogen-bond acceptors (Lipinski definition) is 8. The maximum Gasteiger partial charge on any atom is 0.335 e. The number of hydrogen-bond donors (Lipinski definition) is 1. The van der Waals surface area contributed by atoms with E-state index in [-0.39, 0.29) is 35.7 Å². The summed E-state index contributed by atoms with van der Waals surface area (Å²) in [5.41, 5.74) is 1.55. The molecule has 232 valence electrons. The molecule has 2 atom stereocenters. The van der Waals surface area contributed by atoms with Crippen LogP contribution in [0, 0.1) is 11.6 Å². The Balaban J connectivity index is 1.11. The second-order valence-corrected chi connectivity index (χ2v) is 11.6. The van der Waals surface area contributed by atoms with E-state index in [1.165, 1.54) is 6.07 Å². The number of rotatable bonds is 11. The molecular formula is C32H35F2N5O5. The summed E-state index contributed by atoms with van der Waals surface area (Å²) in [6.45, 7) is 4.08. The third-order valence-corrected chi connectivity index (χ3v) is 8.75. The van der Waals surface area contributed by atoms with Gasteiger partial charge in [-0.3, -0.25) is 4.90 Å². The van der Waals surface area contributed by atoms with E-state index < -0.39 is 17.6 Å². The SMILES string of the molecule is COC1(Cn2c(CN3CC[C@H](Oc4ccnc(COc5ccc(F)cc5F)n4)C[C@@H]3C)nc3ccc(C(=O)O)cc32)CCC1. The van der Waals surface area contributed by atoms with Crippen molar-refractivity contribution in [3.05, 3.63) is 77.5 Å². The predicted molar refractivity (Wildman–Crippen MR) is 157 cm³/mol. The van der Waals surface area contributed by atoms with Crippen LogP contribution in [0.2, 0.25) is 0 Å². The number of ether oxygens (including phenoxy) is 3. The van der Waals surface area contributed by atoms with Gasteiger partial charge in [-0.25, -0.2) is 23.5 Å². The first-order chi connectivity index (χ1) is 21.2. The van der Waals surface area contributed by atoms with Gasteiger partial charge < -0.3 is 23.9 Å². The monoisotopic (exact) mass is 607 g/mol. The van der Waals surface area contributed by atoms with E-state index in [4.69, 9.17) is 19.2 Å². The molecular weight excluding hydrogens is 572 g/mol. The van der Waals surface area contributed by atoms with Gasteiger partial charge >= 0.3 is 5.97 Å². The minimum atomic E-state index is -0.966. The number of carboxylic acids is 1. The van der Waals surface area contributed by atoms with Gasteiger partial charge in [0.05, 0.1) is 35.3 Å². The number of benzene rings is 2. The quantitative estimate of drug-likeness (QED) is 0.240.